The van der Waals surface area contributed by atoms with Crippen molar-refractivity contribution in [2.45, 2.75) is 13.0 Å². The summed E-state index contributed by atoms with van der Waals surface area (Å²) in [4.78, 5) is 3.78. The van der Waals surface area contributed by atoms with Crippen molar-refractivity contribution in [2.24, 2.45) is 5.73 Å². The van der Waals surface area contributed by atoms with Crippen LogP contribution in [0.15, 0.2) is 10.7 Å². The first-order valence-electron chi connectivity index (χ1n) is 2.56. The minimum Gasteiger partial charge on any atom is -0.436 e. The first-order chi connectivity index (χ1) is 4.20. The zero-order valence-corrected chi connectivity index (χ0v) is 5.72. The molecule has 0 bridgehead atoms. The lowest BCUT2D eigenvalue weighted by Gasteiger charge is -1.93. The maximum atomic E-state index is 5.45. The maximum absolute atomic E-state index is 5.45. The van der Waals surface area contributed by atoms with Gasteiger partial charge in [0.15, 0.2) is 0 Å². The van der Waals surface area contributed by atoms with E-state index in [1.807, 2.05) is 6.92 Å². The largest absolute Gasteiger partial charge is 0.436 e. The van der Waals surface area contributed by atoms with Gasteiger partial charge in [0.1, 0.15) is 6.26 Å². The third-order valence-corrected chi connectivity index (χ3v) is 1.13. The van der Waals surface area contributed by atoms with Crippen LogP contribution in [0.2, 0.25) is 5.35 Å². The first-order valence-corrected chi connectivity index (χ1v) is 2.94. The van der Waals surface area contributed by atoms with Crippen LogP contribution in [0.25, 0.3) is 0 Å². The number of nitrogens with two attached hydrogens (primary N) is 1. The van der Waals surface area contributed by atoms with E-state index in [-0.39, 0.29) is 11.4 Å². The van der Waals surface area contributed by atoms with Gasteiger partial charge >= 0.3 is 0 Å². The highest BCUT2D eigenvalue weighted by molar-refractivity contribution is 6.27. The lowest BCUT2D eigenvalue weighted by Crippen LogP contribution is -2.04. The summed E-state index contributed by atoms with van der Waals surface area (Å²) in [6, 6.07) is -0.110. The molecule has 0 amide bonds. The van der Waals surface area contributed by atoms with Crippen LogP contribution in [0.4, 0.5) is 0 Å². The van der Waals surface area contributed by atoms with Crippen LogP contribution in [-0.4, -0.2) is 4.98 Å². The molecule has 1 aromatic rings. The summed E-state index contributed by atoms with van der Waals surface area (Å²) in [5.41, 5.74) is 6.13. The third kappa shape index (κ3) is 1.43. The molecule has 1 aromatic heterocycles. The molecule has 0 saturated heterocycles. The number of aromatic nitrogens is 1. The van der Waals surface area contributed by atoms with Gasteiger partial charge in [-0.3, -0.25) is 0 Å². The second kappa shape index (κ2) is 2.37. The van der Waals surface area contributed by atoms with E-state index >= 15 is 0 Å². The minimum absolute atomic E-state index is 0.110. The first kappa shape index (κ1) is 6.58. The third-order valence-electron chi connectivity index (χ3n) is 0.960. The van der Waals surface area contributed by atoms with Crippen molar-refractivity contribution in [3.05, 3.63) is 17.3 Å². The Bertz CT molecular complexity index is 197. The monoisotopic (exact) mass is 146 g/mol. The van der Waals surface area contributed by atoms with Gasteiger partial charge in [0, 0.05) is 6.04 Å². The fraction of sp³-hybridized carbons (Fsp3) is 0.400. The van der Waals surface area contributed by atoms with E-state index in [4.69, 9.17) is 21.8 Å². The Morgan fingerprint density at radius 3 is 2.78 bits per heavy atom. The van der Waals surface area contributed by atoms with Gasteiger partial charge in [0.25, 0.3) is 5.35 Å². The average Bonchev–Trinajstić information content (AvgIpc) is 2.14. The van der Waals surface area contributed by atoms with Crippen LogP contribution in [-0.2, 0) is 0 Å². The molecule has 0 radical (unpaired) electrons. The SMILES string of the molecule is CC(N)c1coc(Cl)n1. The molecule has 1 heterocycles. The summed E-state index contributed by atoms with van der Waals surface area (Å²) < 4.78 is 4.70. The summed E-state index contributed by atoms with van der Waals surface area (Å²) in [5, 5.41) is 0.141. The average molecular weight is 147 g/mol. The van der Waals surface area contributed by atoms with Crippen molar-refractivity contribution >= 4 is 11.6 Å². The molecule has 0 aliphatic carbocycles. The zero-order chi connectivity index (χ0) is 6.85. The Morgan fingerprint density at radius 2 is 2.56 bits per heavy atom. The summed E-state index contributed by atoms with van der Waals surface area (Å²) >= 11 is 5.37. The number of hydrogen-bond acceptors (Lipinski definition) is 3. The standard InChI is InChI=1S/C5H7ClN2O/c1-3(7)4-2-9-5(6)8-4/h2-3H,7H2,1H3. The van der Waals surface area contributed by atoms with Crippen molar-refractivity contribution in [2.75, 3.05) is 0 Å². The van der Waals surface area contributed by atoms with Gasteiger partial charge in [-0.2, -0.15) is 0 Å². The van der Waals surface area contributed by atoms with Gasteiger partial charge < -0.3 is 10.2 Å². The zero-order valence-electron chi connectivity index (χ0n) is 4.97. The van der Waals surface area contributed by atoms with E-state index in [9.17, 15) is 0 Å². The fourth-order valence-electron chi connectivity index (χ4n) is 0.472. The summed E-state index contributed by atoms with van der Waals surface area (Å²) in [7, 11) is 0. The molecule has 0 aromatic carbocycles. The van der Waals surface area contributed by atoms with Gasteiger partial charge in [0.2, 0.25) is 0 Å². The van der Waals surface area contributed by atoms with E-state index in [0.717, 1.165) is 0 Å². The number of oxazole rings is 1. The quantitative estimate of drug-likeness (QED) is 0.651. The molecule has 0 spiro atoms. The highest BCUT2D eigenvalue weighted by Crippen LogP contribution is 2.11. The maximum Gasteiger partial charge on any atom is 0.292 e. The molecule has 0 aliphatic heterocycles. The van der Waals surface area contributed by atoms with Crippen LogP contribution in [0.5, 0.6) is 0 Å². The summed E-state index contributed by atoms with van der Waals surface area (Å²) in [6.45, 7) is 1.81. The van der Waals surface area contributed by atoms with Crippen molar-refractivity contribution in [3.63, 3.8) is 0 Å². The van der Waals surface area contributed by atoms with Gasteiger partial charge in [-0.05, 0) is 18.5 Å². The molecule has 9 heavy (non-hydrogen) atoms. The number of nitrogens with zero attached hydrogens (tertiary/aromatic N) is 1. The fourth-order valence-corrected chi connectivity index (χ4v) is 0.614. The number of halogens is 1. The molecule has 0 fully saturated rings. The normalized spacial score (nSPS) is 13.7. The molecule has 1 rings (SSSR count). The molecule has 3 nitrogen and oxygen atoms in total. The Balaban J connectivity index is 2.85. The predicted octanol–water partition coefficient (Wildman–Crippen LogP) is 1.35. The molecule has 50 valence electrons. The van der Waals surface area contributed by atoms with Crippen LogP contribution < -0.4 is 5.73 Å². The molecular formula is C5H7ClN2O. The van der Waals surface area contributed by atoms with Crippen molar-refractivity contribution in [3.8, 4) is 0 Å². The highest BCUT2D eigenvalue weighted by Gasteiger charge is 2.03. The molecule has 1 atom stereocenters. The van der Waals surface area contributed by atoms with E-state index in [2.05, 4.69) is 4.98 Å². The second-order valence-corrected chi connectivity index (χ2v) is 2.14. The van der Waals surface area contributed by atoms with Crippen molar-refractivity contribution < 1.29 is 4.42 Å². The minimum atomic E-state index is -0.110. The Morgan fingerprint density at radius 1 is 1.89 bits per heavy atom. The molecule has 1 unspecified atom stereocenters. The molecular weight excluding hydrogens is 140 g/mol. The highest BCUT2D eigenvalue weighted by atomic mass is 35.5. The predicted molar refractivity (Wildman–Crippen MR) is 34.1 cm³/mol. The van der Waals surface area contributed by atoms with E-state index in [1.54, 1.807) is 0 Å². The molecule has 0 saturated carbocycles. The van der Waals surface area contributed by atoms with Gasteiger partial charge in [-0.25, -0.2) is 4.98 Å². The smallest absolute Gasteiger partial charge is 0.292 e. The van der Waals surface area contributed by atoms with Crippen molar-refractivity contribution in [1.29, 1.82) is 0 Å². The lowest BCUT2D eigenvalue weighted by atomic mass is 10.3. The molecule has 0 aliphatic rings. The Labute approximate surface area is 57.8 Å². The summed E-state index contributed by atoms with van der Waals surface area (Å²) in [6.07, 6.45) is 1.45. The van der Waals surface area contributed by atoms with Gasteiger partial charge in [-0.15, -0.1) is 0 Å². The van der Waals surface area contributed by atoms with Crippen LogP contribution >= 0.6 is 11.6 Å². The lowest BCUT2D eigenvalue weighted by molar-refractivity contribution is 0.557. The van der Waals surface area contributed by atoms with Crippen molar-refractivity contribution in [1.82, 2.24) is 4.98 Å². The number of rotatable bonds is 1. The van der Waals surface area contributed by atoms with Gasteiger partial charge in [0.05, 0.1) is 5.69 Å². The van der Waals surface area contributed by atoms with E-state index < -0.39 is 0 Å². The molecule has 2 N–H and O–H groups in total. The topological polar surface area (TPSA) is 52.0 Å². The number of hydrogen-bond donors (Lipinski definition) is 1. The second-order valence-electron chi connectivity index (χ2n) is 1.81. The van der Waals surface area contributed by atoms with Crippen LogP contribution in [0, 0.1) is 0 Å². The Hall–Kier alpha value is -0.540. The van der Waals surface area contributed by atoms with Crippen LogP contribution in [0.1, 0.15) is 18.7 Å². The van der Waals surface area contributed by atoms with Crippen LogP contribution in [0.3, 0.4) is 0 Å². The van der Waals surface area contributed by atoms with E-state index in [0.29, 0.717) is 5.69 Å². The Kier molecular flexibility index (Phi) is 1.73. The summed E-state index contributed by atoms with van der Waals surface area (Å²) in [5.74, 6) is 0. The van der Waals surface area contributed by atoms with Gasteiger partial charge in [-0.1, -0.05) is 0 Å². The van der Waals surface area contributed by atoms with E-state index in [1.165, 1.54) is 6.26 Å². The molecule has 4 heteroatoms.